The van der Waals surface area contributed by atoms with Gasteiger partial charge in [0.05, 0.1) is 5.58 Å². The van der Waals surface area contributed by atoms with Gasteiger partial charge in [0, 0.05) is 60.0 Å². The van der Waals surface area contributed by atoms with Crippen molar-refractivity contribution in [2.75, 3.05) is 0 Å². The fourth-order valence-corrected chi connectivity index (χ4v) is 5.26. The van der Waals surface area contributed by atoms with Crippen molar-refractivity contribution in [3.63, 3.8) is 0 Å². The molecule has 0 saturated carbocycles. The molecule has 1 radical (unpaired) electrons. The van der Waals surface area contributed by atoms with Gasteiger partial charge in [-0.1, -0.05) is 72.4 Å². The fraction of sp³-hybridized carbons (Fsp3) is 0.0976. The third kappa shape index (κ3) is 6.12. The van der Waals surface area contributed by atoms with Crippen LogP contribution in [0.4, 0.5) is 0 Å². The molecular weight excluding hydrogens is 743 g/mol. The first-order chi connectivity index (χ1) is 26.8. The molecule has 0 spiro atoms. The number of benzene rings is 4. The Morgan fingerprint density at radius 2 is 1.63 bits per heavy atom. The number of pyridine rings is 3. The van der Waals surface area contributed by atoms with E-state index in [1.54, 1.807) is 42.6 Å². The zero-order valence-corrected chi connectivity index (χ0v) is 26.4. The standard InChI is InChI=1S/C28H19N2O.C13H12N.Ir/c1-17-10-12-19-6-3-4-7-21(19)26(17)20-14-15-29-25(16-20)24-9-5-8-22-23-13-11-18(2)30-28(23)31-27(22)24;1-10-3-6-12(7-4-10)13-8-5-11(2)9-14-13;/h3-8,10-16H,1-2H3;3-6,8-9H,1-2H3;/q2*-1;/i2*1D3,2D3;. The van der Waals surface area contributed by atoms with Gasteiger partial charge in [-0.3, -0.25) is 0 Å². The Hall–Kier alpha value is -4.96. The van der Waals surface area contributed by atoms with E-state index in [1.165, 1.54) is 30.5 Å². The summed E-state index contributed by atoms with van der Waals surface area (Å²) in [4.78, 5) is 12.8. The van der Waals surface area contributed by atoms with E-state index in [0.29, 0.717) is 44.6 Å². The maximum Gasteiger partial charge on any atom is 0.216 e. The van der Waals surface area contributed by atoms with Crippen LogP contribution in [0.2, 0.25) is 0 Å². The van der Waals surface area contributed by atoms with Gasteiger partial charge >= 0.3 is 0 Å². The van der Waals surface area contributed by atoms with Crippen molar-refractivity contribution in [2.45, 2.75) is 27.4 Å². The Morgan fingerprint density at radius 1 is 0.717 bits per heavy atom. The smallest absolute Gasteiger partial charge is 0.216 e. The summed E-state index contributed by atoms with van der Waals surface area (Å²) in [6.07, 6.45) is 2.93. The van der Waals surface area contributed by atoms with Crippen LogP contribution in [0.25, 0.3) is 66.5 Å². The minimum atomic E-state index is -2.35. The molecule has 227 valence electrons. The molecule has 0 unspecified atom stereocenters. The number of fused-ring (bicyclic) bond motifs is 4. The van der Waals surface area contributed by atoms with E-state index in [4.69, 9.17) is 20.9 Å². The number of rotatable bonds is 3. The number of nitrogens with zero attached hydrogens (tertiary/aromatic N) is 3. The van der Waals surface area contributed by atoms with E-state index in [9.17, 15) is 0 Å². The molecule has 4 aromatic carbocycles. The molecule has 0 aliphatic rings. The van der Waals surface area contributed by atoms with Crippen LogP contribution in [0.5, 0.6) is 0 Å². The van der Waals surface area contributed by atoms with Crippen molar-refractivity contribution in [1.82, 2.24) is 15.0 Å². The molecule has 0 amide bonds. The normalized spacial score (nSPS) is 15.8. The largest absolute Gasteiger partial charge is 0.486 e. The summed E-state index contributed by atoms with van der Waals surface area (Å²) in [6, 6.07) is 35.2. The van der Waals surface area contributed by atoms with Crippen LogP contribution in [0, 0.1) is 39.5 Å². The molecule has 46 heavy (non-hydrogen) atoms. The molecule has 0 saturated heterocycles. The Balaban J connectivity index is 0.000000230. The summed E-state index contributed by atoms with van der Waals surface area (Å²) in [5.74, 6) is 0. The zero-order valence-electron chi connectivity index (χ0n) is 36.1. The summed E-state index contributed by atoms with van der Waals surface area (Å²) in [5.41, 5.74) is 4.91. The van der Waals surface area contributed by atoms with Crippen LogP contribution in [0.3, 0.4) is 0 Å². The van der Waals surface area contributed by atoms with Gasteiger partial charge < -0.3 is 14.4 Å². The van der Waals surface area contributed by atoms with E-state index in [0.717, 1.165) is 16.2 Å². The third-order valence-corrected chi connectivity index (χ3v) is 7.38. The van der Waals surface area contributed by atoms with Crippen molar-refractivity contribution >= 4 is 32.8 Å². The van der Waals surface area contributed by atoms with Gasteiger partial charge in [0.15, 0.2) is 0 Å². The molecule has 4 nitrogen and oxygen atoms in total. The van der Waals surface area contributed by atoms with E-state index in [-0.39, 0.29) is 48.2 Å². The molecule has 8 rings (SSSR count). The second-order valence-electron chi connectivity index (χ2n) is 10.3. The molecule has 8 aromatic rings. The van der Waals surface area contributed by atoms with E-state index in [1.807, 2.05) is 42.5 Å². The molecule has 0 aliphatic heterocycles. The first-order valence-electron chi connectivity index (χ1n) is 20.0. The third-order valence-electron chi connectivity index (χ3n) is 7.38. The fourth-order valence-electron chi connectivity index (χ4n) is 5.26. The predicted octanol–water partition coefficient (Wildman–Crippen LogP) is 10.4. The van der Waals surface area contributed by atoms with Gasteiger partial charge in [-0.25, -0.2) is 4.98 Å². The van der Waals surface area contributed by atoms with Crippen molar-refractivity contribution in [1.29, 1.82) is 0 Å². The maximum atomic E-state index is 8.14. The van der Waals surface area contributed by atoms with Gasteiger partial charge in [0.25, 0.3) is 0 Å². The van der Waals surface area contributed by atoms with Gasteiger partial charge in [0.1, 0.15) is 0 Å². The summed E-state index contributed by atoms with van der Waals surface area (Å²) in [5, 5.41) is 3.22. The van der Waals surface area contributed by atoms with Gasteiger partial charge in [0.2, 0.25) is 5.71 Å². The second kappa shape index (κ2) is 13.2. The number of hydrogen-bond acceptors (Lipinski definition) is 4. The summed E-state index contributed by atoms with van der Waals surface area (Å²) in [6.45, 7) is -9.00. The van der Waals surface area contributed by atoms with E-state index >= 15 is 0 Å². The summed E-state index contributed by atoms with van der Waals surface area (Å²) < 4.78 is 97.1. The average molecular weight is 786 g/mol. The Kier molecular flexibility index (Phi) is 5.60. The van der Waals surface area contributed by atoms with Crippen LogP contribution in [0.1, 0.15) is 38.8 Å². The molecule has 0 N–H and O–H groups in total. The first kappa shape index (κ1) is 19.5. The van der Waals surface area contributed by atoms with Crippen LogP contribution in [-0.2, 0) is 20.1 Å². The van der Waals surface area contributed by atoms with Crippen molar-refractivity contribution < 1.29 is 41.0 Å². The minimum absolute atomic E-state index is 0. The van der Waals surface area contributed by atoms with Crippen molar-refractivity contribution in [3.8, 4) is 33.6 Å². The average Bonchev–Trinajstić information content (AvgIpc) is 3.55. The van der Waals surface area contributed by atoms with Gasteiger partial charge in [-0.2, -0.15) is 0 Å². The molecule has 4 heterocycles. The number of aromatic nitrogens is 3. The molecule has 0 aliphatic carbocycles. The summed E-state index contributed by atoms with van der Waals surface area (Å²) in [7, 11) is 0. The number of furan rings is 1. The zero-order chi connectivity index (χ0) is 40.9. The molecule has 0 atom stereocenters. The Bertz CT molecular complexity index is 2680. The minimum Gasteiger partial charge on any atom is -0.486 e. The molecule has 0 bridgehead atoms. The van der Waals surface area contributed by atoms with Crippen LogP contribution in [-0.4, -0.2) is 15.0 Å². The SMILES string of the molecule is [2H]C([2H])([2H])c1c[c-]c(-c2ccc(C([2H])([2H])[2H])cn2)cc1.[2H]C([2H])([2H])c1ccc2c(n1)oc1c(-c3cc(-c4c(C([2H])([2H])[2H])ccc5ccccc45)ccn3)[c-]ccc12.[Ir]. The molecule has 5 heteroatoms. The van der Waals surface area contributed by atoms with Gasteiger partial charge in [-0.05, 0) is 83.2 Å². The van der Waals surface area contributed by atoms with Crippen LogP contribution in [0.15, 0.2) is 120 Å². The Morgan fingerprint density at radius 3 is 2.43 bits per heavy atom. The number of aryl methyl sites for hydroxylation is 4. The predicted molar refractivity (Wildman–Crippen MR) is 184 cm³/mol. The van der Waals surface area contributed by atoms with Crippen molar-refractivity contribution in [3.05, 3.63) is 150 Å². The second-order valence-corrected chi connectivity index (χ2v) is 10.3. The summed E-state index contributed by atoms with van der Waals surface area (Å²) >= 11 is 0. The molecular formula is C41H31IrN3O-2. The van der Waals surface area contributed by atoms with Crippen molar-refractivity contribution in [2.24, 2.45) is 0 Å². The molecule has 0 fully saturated rings. The van der Waals surface area contributed by atoms with Gasteiger partial charge in [-0.15, -0.1) is 53.6 Å². The van der Waals surface area contributed by atoms with Crippen LogP contribution < -0.4 is 0 Å². The molecule has 4 aromatic heterocycles. The first-order valence-corrected chi connectivity index (χ1v) is 14.0. The van der Waals surface area contributed by atoms with E-state index in [2.05, 4.69) is 27.1 Å². The topological polar surface area (TPSA) is 51.8 Å². The van der Waals surface area contributed by atoms with Crippen LogP contribution >= 0.6 is 0 Å². The van der Waals surface area contributed by atoms with E-state index < -0.39 is 27.4 Å². The number of hydrogen-bond donors (Lipinski definition) is 0. The maximum absolute atomic E-state index is 8.14. The monoisotopic (exact) mass is 786 g/mol. The quantitative estimate of drug-likeness (QED) is 0.167. The Labute approximate surface area is 299 Å².